The van der Waals surface area contributed by atoms with Crippen LogP contribution in [-0.4, -0.2) is 42.1 Å². The molecule has 0 saturated carbocycles. The Kier molecular flexibility index (Phi) is 4.06. The van der Waals surface area contributed by atoms with Crippen LogP contribution < -0.4 is 0 Å². The highest BCUT2D eigenvalue weighted by Crippen LogP contribution is 2.35. The Morgan fingerprint density at radius 1 is 1.42 bits per heavy atom. The van der Waals surface area contributed by atoms with Crippen LogP contribution in [0, 0.1) is 11.8 Å². The van der Waals surface area contributed by atoms with Gasteiger partial charge in [-0.3, -0.25) is 14.5 Å². The van der Waals surface area contributed by atoms with Crippen LogP contribution in [0.2, 0.25) is 0 Å². The van der Waals surface area contributed by atoms with Crippen molar-refractivity contribution in [1.29, 1.82) is 0 Å². The number of ketones is 1. The number of carbonyl (C=O) groups excluding carboxylic acids is 2. The summed E-state index contributed by atoms with van der Waals surface area (Å²) in [6, 6.07) is 0. The molecule has 5 heteroatoms. The number of carbonyl (C=O) groups is 2. The summed E-state index contributed by atoms with van der Waals surface area (Å²) < 4.78 is 11.5. The van der Waals surface area contributed by atoms with Gasteiger partial charge in [-0.05, 0) is 12.0 Å². The summed E-state index contributed by atoms with van der Waals surface area (Å²) in [5.41, 5.74) is 0. The first-order valence-electron chi connectivity index (χ1n) is 6.66. The van der Waals surface area contributed by atoms with Crippen LogP contribution in [0.4, 0.5) is 0 Å². The largest absolute Gasteiger partial charge is 0.376 e. The number of nitrogens with zero attached hydrogens (tertiary/aromatic N) is 1. The maximum Gasteiger partial charge on any atom is 0.236 e. The SMILES string of the molecule is CO[C@@H]1[C@H](C)[C@@H](C(C)C)O[C@H]1N1C=CC(=O)CC1=O. The van der Waals surface area contributed by atoms with Crippen molar-refractivity contribution in [3.05, 3.63) is 12.3 Å². The Morgan fingerprint density at radius 2 is 2.11 bits per heavy atom. The lowest BCUT2D eigenvalue weighted by atomic mass is 9.92. The molecule has 0 aromatic heterocycles. The molecule has 2 aliphatic heterocycles. The molecule has 106 valence electrons. The Labute approximate surface area is 113 Å². The van der Waals surface area contributed by atoms with E-state index >= 15 is 0 Å². The zero-order valence-electron chi connectivity index (χ0n) is 11.8. The molecule has 0 spiro atoms. The van der Waals surface area contributed by atoms with Gasteiger partial charge in [0.25, 0.3) is 0 Å². The summed E-state index contributed by atoms with van der Waals surface area (Å²) in [5.74, 6) is 0.162. The van der Waals surface area contributed by atoms with E-state index in [1.807, 2.05) is 0 Å². The first kappa shape index (κ1) is 14.2. The second-order valence-corrected chi connectivity index (χ2v) is 5.55. The highest BCUT2D eigenvalue weighted by Gasteiger charge is 2.47. The Hall–Kier alpha value is -1.20. The quantitative estimate of drug-likeness (QED) is 0.724. The monoisotopic (exact) mass is 267 g/mol. The topological polar surface area (TPSA) is 55.8 Å². The molecular weight excluding hydrogens is 246 g/mol. The van der Waals surface area contributed by atoms with E-state index in [0.29, 0.717) is 5.92 Å². The summed E-state index contributed by atoms with van der Waals surface area (Å²) in [4.78, 5) is 24.7. The van der Waals surface area contributed by atoms with E-state index in [-0.39, 0.29) is 36.2 Å². The van der Waals surface area contributed by atoms with E-state index in [9.17, 15) is 9.59 Å². The van der Waals surface area contributed by atoms with E-state index in [4.69, 9.17) is 9.47 Å². The van der Waals surface area contributed by atoms with E-state index in [1.165, 1.54) is 17.2 Å². The molecule has 0 aliphatic carbocycles. The van der Waals surface area contributed by atoms with Crippen molar-refractivity contribution in [2.45, 2.75) is 45.6 Å². The van der Waals surface area contributed by atoms with Gasteiger partial charge in [0, 0.05) is 19.2 Å². The smallest absolute Gasteiger partial charge is 0.236 e. The Bertz CT molecular complexity index is 404. The second kappa shape index (κ2) is 5.43. The van der Waals surface area contributed by atoms with Crippen molar-refractivity contribution < 1.29 is 19.1 Å². The van der Waals surface area contributed by atoms with Gasteiger partial charge in [-0.2, -0.15) is 0 Å². The van der Waals surface area contributed by atoms with E-state index in [2.05, 4.69) is 20.8 Å². The van der Waals surface area contributed by atoms with Crippen molar-refractivity contribution in [2.75, 3.05) is 7.11 Å². The van der Waals surface area contributed by atoms with Gasteiger partial charge in [0.15, 0.2) is 12.0 Å². The zero-order chi connectivity index (χ0) is 14.2. The first-order chi connectivity index (χ1) is 8.95. The van der Waals surface area contributed by atoms with Gasteiger partial charge in [0.2, 0.25) is 5.91 Å². The third-order valence-electron chi connectivity index (χ3n) is 3.85. The Balaban J connectivity index is 2.21. The normalized spacial score (nSPS) is 35.5. The van der Waals surface area contributed by atoms with Crippen molar-refractivity contribution in [1.82, 2.24) is 4.90 Å². The van der Waals surface area contributed by atoms with E-state index in [0.717, 1.165) is 0 Å². The minimum atomic E-state index is -0.441. The molecule has 19 heavy (non-hydrogen) atoms. The van der Waals surface area contributed by atoms with Crippen molar-refractivity contribution in [3.8, 4) is 0 Å². The molecule has 2 heterocycles. The fourth-order valence-corrected chi connectivity index (χ4v) is 2.90. The summed E-state index contributed by atoms with van der Waals surface area (Å²) >= 11 is 0. The summed E-state index contributed by atoms with van der Waals surface area (Å²) in [7, 11) is 1.63. The number of methoxy groups -OCH3 is 1. The molecule has 0 N–H and O–H groups in total. The standard InChI is InChI=1S/C14H21NO4/c1-8(2)12-9(3)13(18-4)14(19-12)15-6-5-10(16)7-11(15)17/h5-6,8-9,12-14H,7H2,1-4H3/t9-,12-,13-,14-/m1/s1. The molecule has 2 rings (SSSR count). The van der Waals surface area contributed by atoms with Crippen LogP contribution >= 0.6 is 0 Å². The van der Waals surface area contributed by atoms with Crippen LogP contribution in [0.15, 0.2) is 12.3 Å². The first-order valence-corrected chi connectivity index (χ1v) is 6.66. The molecular formula is C14H21NO4. The maximum atomic E-state index is 12.0. The number of rotatable bonds is 3. The maximum absolute atomic E-state index is 12.0. The fourth-order valence-electron chi connectivity index (χ4n) is 2.90. The summed E-state index contributed by atoms with van der Waals surface area (Å²) in [6.07, 6.45) is 2.28. The highest BCUT2D eigenvalue weighted by molar-refractivity contribution is 6.06. The number of ether oxygens (including phenoxy) is 2. The Morgan fingerprint density at radius 3 is 2.63 bits per heavy atom. The van der Waals surface area contributed by atoms with Crippen LogP contribution in [-0.2, 0) is 19.1 Å². The van der Waals surface area contributed by atoms with Gasteiger partial charge in [0.05, 0.1) is 12.5 Å². The molecule has 0 bridgehead atoms. The molecule has 5 nitrogen and oxygen atoms in total. The van der Waals surface area contributed by atoms with Gasteiger partial charge < -0.3 is 9.47 Å². The minimum Gasteiger partial charge on any atom is -0.376 e. The molecule has 0 aromatic carbocycles. The molecule has 0 radical (unpaired) electrons. The van der Waals surface area contributed by atoms with Crippen molar-refractivity contribution in [3.63, 3.8) is 0 Å². The van der Waals surface area contributed by atoms with Crippen LogP contribution in [0.25, 0.3) is 0 Å². The van der Waals surface area contributed by atoms with Crippen LogP contribution in [0.3, 0.4) is 0 Å². The molecule has 1 saturated heterocycles. The minimum absolute atomic E-state index is 0.0498. The predicted octanol–water partition coefficient (Wildman–Crippen LogP) is 1.33. The lowest BCUT2D eigenvalue weighted by molar-refractivity contribution is -0.150. The van der Waals surface area contributed by atoms with Gasteiger partial charge >= 0.3 is 0 Å². The van der Waals surface area contributed by atoms with Crippen LogP contribution in [0.5, 0.6) is 0 Å². The number of hydrogen-bond acceptors (Lipinski definition) is 4. The van der Waals surface area contributed by atoms with Gasteiger partial charge in [-0.25, -0.2) is 0 Å². The van der Waals surface area contributed by atoms with Gasteiger partial charge in [-0.1, -0.05) is 20.8 Å². The summed E-state index contributed by atoms with van der Waals surface area (Å²) in [6.45, 7) is 6.25. The lowest BCUT2D eigenvalue weighted by Gasteiger charge is -2.30. The molecule has 0 aromatic rings. The van der Waals surface area contributed by atoms with Crippen LogP contribution in [0.1, 0.15) is 27.2 Å². The van der Waals surface area contributed by atoms with E-state index < -0.39 is 6.23 Å². The van der Waals surface area contributed by atoms with Crippen molar-refractivity contribution in [2.24, 2.45) is 11.8 Å². The predicted molar refractivity (Wildman–Crippen MR) is 69.1 cm³/mol. The third-order valence-corrected chi connectivity index (χ3v) is 3.85. The van der Waals surface area contributed by atoms with Gasteiger partial charge in [-0.15, -0.1) is 0 Å². The fraction of sp³-hybridized carbons (Fsp3) is 0.714. The molecule has 1 amide bonds. The number of amides is 1. The highest BCUT2D eigenvalue weighted by atomic mass is 16.6. The average Bonchev–Trinajstić information content (AvgIpc) is 2.66. The molecule has 1 fully saturated rings. The second-order valence-electron chi connectivity index (χ2n) is 5.55. The number of hydrogen-bond donors (Lipinski definition) is 0. The zero-order valence-corrected chi connectivity index (χ0v) is 11.8. The lowest BCUT2D eigenvalue weighted by Crippen LogP contribution is -2.45. The summed E-state index contributed by atoms with van der Waals surface area (Å²) in [5, 5.41) is 0. The molecule has 4 atom stereocenters. The van der Waals surface area contributed by atoms with E-state index in [1.54, 1.807) is 7.11 Å². The average molecular weight is 267 g/mol. The molecule has 0 unspecified atom stereocenters. The van der Waals surface area contributed by atoms with Gasteiger partial charge in [0.1, 0.15) is 6.10 Å². The van der Waals surface area contributed by atoms with Crippen molar-refractivity contribution >= 4 is 11.7 Å². The molecule has 2 aliphatic rings. The number of allylic oxidation sites excluding steroid dienone is 1. The third kappa shape index (κ3) is 2.58.